The smallest absolute Gasteiger partial charge is 0.168 e. The molecule has 0 radical (unpaired) electrons. The third-order valence-corrected chi connectivity index (χ3v) is 2.99. The van der Waals surface area contributed by atoms with Crippen molar-refractivity contribution in [3.05, 3.63) is 17.7 Å². The summed E-state index contributed by atoms with van der Waals surface area (Å²) in [5, 5.41) is 11.6. The molecule has 0 bridgehead atoms. The molecule has 1 unspecified atom stereocenters. The summed E-state index contributed by atoms with van der Waals surface area (Å²) in [7, 11) is 1.54. The number of aliphatic hydroxyl groups is 1. The molecule has 6 heteroatoms. The lowest BCUT2D eigenvalue weighted by Crippen LogP contribution is -2.23. The Morgan fingerprint density at radius 2 is 2.29 bits per heavy atom. The fourth-order valence-corrected chi connectivity index (χ4v) is 2.03. The number of aliphatic hydroxyl groups excluding tert-OH is 1. The quantitative estimate of drug-likeness (QED) is 0.838. The Kier molecular flexibility index (Phi) is 3.42. The van der Waals surface area contributed by atoms with E-state index in [-0.39, 0.29) is 24.2 Å². The average molecular weight is 243 g/mol. The van der Waals surface area contributed by atoms with E-state index in [4.69, 9.17) is 5.11 Å². The Bertz CT molecular complexity index is 414. The molecule has 0 spiro atoms. The largest absolute Gasteiger partial charge is 0.396 e. The van der Waals surface area contributed by atoms with Gasteiger partial charge in [0.1, 0.15) is 0 Å². The number of aromatic nitrogens is 1. The first kappa shape index (κ1) is 12.0. The van der Waals surface area contributed by atoms with Gasteiger partial charge in [-0.3, -0.25) is 0 Å². The minimum Gasteiger partial charge on any atom is -0.396 e. The summed E-state index contributed by atoms with van der Waals surface area (Å²) in [5.74, 6) is -1.05. The van der Waals surface area contributed by atoms with E-state index in [9.17, 15) is 8.78 Å². The average Bonchev–Trinajstić information content (AvgIpc) is 2.78. The minimum absolute atomic E-state index is 0.0360. The Morgan fingerprint density at radius 3 is 2.88 bits per heavy atom. The molecule has 2 rings (SSSR count). The van der Waals surface area contributed by atoms with Gasteiger partial charge in [-0.2, -0.15) is 0 Å². The number of hydrogen-bond donors (Lipinski definition) is 2. The van der Waals surface area contributed by atoms with E-state index >= 15 is 0 Å². The van der Waals surface area contributed by atoms with Crippen molar-refractivity contribution in [3.63, 3.8) is 0 Å². The normalized spacial score (nSPS) is 19.8. The van der Waals surface area contributed by atoms with Gasteiger partial charge in [0.15, 0.2) is 23.3 Å². The summed E-state index contributed by atoms with van der Waals surface area (Å²) >= 11 is 0. The maximum Gasteiger partial charge on any atom is 0.168 e. The van der Waals surface area contributed by atoms with Crippen molar-refractivity contribution in [2.24, 2.45) is 5.92 Å². The predicted octanol–water partition coefficient (Wildman–Crippen LogP) is 1.22. The van der Waals surface area contributed by atoms with Crippen LogP contribution in [0.1, 0.15) is 6.42 Å². The zero-order chi connectivity index (χ0) is 12.4. The van der Waals surface area contributed by atoms with Gasteiger partial charge in [0, 0.05) is 38.7 Å². The molecule has 1 saturated heterocycles. The van der Waals surface area contributed by atoms with E-state index in [2.05, 4.69) is 10.3 Å². The fraction of sp³-hybridized carbons (Fsp3) is 0.545. The summed E-state index contributed by atoms with van der Waals surface area (Å²) in [6, 6.07) is 0.834. The zero-order valence-corrected chi connectivity index (χ0v) is 9.58. The number of rotatable bonds is 3. The summed E-state index contributed by atoms with van der Waals surface area (Å²) in [4.78, 5) is 5.66. The van der Waals surface area contributed by atoms with Crippen LogP contribution >= 0.6 is 0 Å². The van der Waals surface area contributed by atoms with Gasteiger partial charge >= 0.3 is 0 Å². The van der Waals surface area contributed by atoms with Crippen molar-refractivity contribution in [2.75, 3.05) is 37.0 Å². The third-order valence-electron chi connectivity index (χ3n) is 2.99. The number of anilines is 2. The molecule has 1 aliphatic heterocycles. The second-order valence-electron chi connectivity index (χ2n) is 4.16. The second-order valence-corrected chi connectivity index (χ2v) is 4.16. The van der Waals surface area contributed by atoms with Crippen molar-refractivity contribution in [1.29, 1.82) is 0 Å². The number of nitrogens with one attached hydrogen (secondary N) is 1. The summed E-state index contributed by atoms with van der Waals surface area (Å²) in [6.45, 7) is 1.26. The Balaban J connectivity index is 2.26. The van der Waals surface area contributed by atoms with E-state index < -0.39 is 11.6 Å². The first-order chi connectivity index (χ1) is 8.15. The highest BCUT2D eigenvalue weighted by Gasteiger charge is 2.26. The van der Waals surface area contributed by atoms with Crippen LogP contribution in [0, 0.1) is 17.6 Å². The predicted molar refractivity (Wildman–Crippen MR) is 61.1 cm³/mol. The van der Waals surface area contributed by atoms with Gasteiger partial charge in [-0.15, -0.1) is 0 Å². The molecule has 2 N–H and O–H groups in total. The number of nitrogens with zero attached hydrogens (tertiary/aromatic N) is 2. The van der Waals surface area contributed by atoms with Crippen molar-refractivity contribution < 1.29 is 13.9 Å². The van der Waals surface area contributed by atoms with Gasteiger partial charge < -0.3 is 15.3 Å². The van der Waals surface area contributed by atoms with Crippen LogP contribution in [-0.2, 0) is 0 Å². The van der Waals surface area contributed by atoms with Gasteiger partial charge in [0.05, 0.1) is 0 Å². The molecule has 0 amide bonds. The molecule has 1 atom stereocenters. The van der Waals surface area contributed by atoms with Crippen molar-refractivity contribution >= 4 is 11.6 Å². The molecule has 17 heavy (non-hydrogen) atoms. The van der Waals surface area contributed by atoms with Crippen LogP contribution in [0.5, 0.6) is 0 Å². The highest BCUT2D eigenvalue weighted by Crippen LogP contribution is 2.27. The number of halogens is 2. The molecule has 0 aromatic carbocycles. The van der Waals surface area contributed by atoms with Crippen LogP contribution in [0.25, 0.3) is 0 Å². The number of pyridine rings is 1. The Hall–Kier alpha value is -1.43. The molecule has 0 aliphatic carbocycles. The van der Waals surface area contributed by atoms with Gasteiger partial charge in [-0.25, -0.2) is 13.8 Å². The maximum atomic E-state index is 13.6. The van der Waals surface area contributed by atoms with Crippen LogP contribution in [0.2, 0.25) is 0 Å². The molecular weight excluding hydrogens is 228 g/mol. The van der Waals surface area contributed by atoms with Crippen molar-refractivity contribution in [3.8, 4) is 0 Å². The molecule has 0 saturated carbocycles. The summed E-state index contributed by atoms with van der Waals surface area (Å²) < 4.78 is 26.9. The molecule has 1 aromatic heterocycles. The summed E-state index contributed by atoms with van der Waals surface area (Å²) in [6.07, 6.45) is 0.796. The van der Waals surface area contributed by atoms with Gasteiger partial charge in [0.25, 0.3) is 0 Å². The molecular formula is C11H15F2N3O. The van der Waals surface area contributed by atoms with Crippen molar-refractivity contribution in [2.45, 2.75) is 6.42 Å². The van der Waals surface area contributed by atoms with Gasteiger partial charge in [-0.05, 0) is 6.42 Å². The first-order valence-electron chi connectivity index (χ1n) is 5.55. The van der Waals surface area contributed by atoms with Crippen LogP contribution < -0.4 is 10.2 Å². The standard InChI is InChI=1S/C11H15F2N3O/c1-14-10-8(12)4-9(13)11(15-10)16-3-2-7(5-16)6-17/h4,7,17H,2-3,5-6H2,1H3,(H,14,15). The van der Waals surface area contributed by atoms with E-state index in [0.717, 1.165) is 12.5 Å². The van der Waals surface area contributed by atoms with Crippen LogP contribution in [-0.4, -0.2) is 36.8 Å². The van der Waals surface area contributed by atoms with E-state index in [1.165, 1.54) is 7.05 Å². The lowest BCUT2D eigenvalue weighted by atomic mass is 10.1. The Morgan fingerprint density at radius 1 is 1.53 bits per heavy atom. The number of hydrogen-bond acceptors (Lipinski definition) is 4. The topological polar surface area (TPSA) is 48.4 Å². The second kappa shape index (κ2) is 4.83. The summed E-state index contributed by atoms with van der Waals surface area (Å²) in [5.41, 5.74) is 0. The monoisotopic (exact) mass is 243 g/mol. The molecule has 1 aliphatic rings. The van der Waals surface area contributed by atoms with Gasteiger partial charge in [-0.1, -0.05) is 0 Å². The lowest BCUT2D eigenvalue weighted by Gasteiger charge is -2.18. The zero-order valence-electron chi connectivity index (χ0n) is 9.58. The van der Waals surface area contributed by atoms with E-state index in [1.807, 2.05) is 0 Å². The Labute approximate surface area is 98.3 Å². The molecule has 2 heterocycles. The minimum atomic E-state index is -0.702. The molecule has 4 nitrogen and oxygen atoms in total. The third kappa shape index (κ3) is 2.31. The maximum absolute atomic E-state index is 13.6. The lowest BCUT2D eigenvalue weighted by molar-refractivity contribution is 0.238. The highest BCUT2D eigenvalue weighted by atomic mass is 19.1. The first-order valence-corrected chi connectivity index (χ1v) is 5.55. The molecule has 1 aromatic rings. The van der Waals surface area contributed by atoms with Crippen LogP contribution in [0.4, 0.5) is 20.4 Å². The van der Waals surface area contributed by atoms with Crippen LogP contribution in [0.15, 0.2) is 6.07 Å². The van der Waals surface area contributed by atoms with Gasteiger partial charge in [0.2, 0.25) is 0 Å². The SMILES string of the molecule is CNc1nc(N2CCC(CO)C2)c(F)cc1F. The molecule has 1 fully saturated rings. The van der Waals surface area contributed by atoms with Crippen molar-refractivity contribution in [1.82, 2.24) is 4.98 Å². The van der Waals surface area contributed by atoms with Crippen LogP contribution in [0.3, 0.4) is 0 Å². The fourth-order valence-electron chi connectivity index (χ4n) is 2.03. The van der Waals surface area contributed by atoms with E-state index in [1.54, 1.807) is 4.90 Å². The highest BCUT2D eigenvalue weighted by molar-refractivity contribution is 5.49. The van der Waals surface area contributed by atoms with E-state index in [0.29, 0.717) is 13.1 Å². The molecule has 94 valence electrons.